The number of hydrogen-bond acceptors (Lipinski definition) is 3. The zero-order valence-corrected chi connectivity index (χ0v) is 18.8. The second-order valence-corrected chi connectivity index (χ2v) is 7.78. The maximum atomic E-state index is 13.7. The summed E-state index contributed by atoms with van der Waals surface area (Å²) in [4.78, 5) is 38.1. The van der Waals surface area contributed by atoms with E-state index in [4.69, 9.17) is 0 Å². The molecule has 0 saturated heterocycles. The molecule has 184 valence electrons. The summed E-state index contributed by atoms with van der Waals surface area (Å²) >= 11 is 0. The van der Waals surface area contributed by atoms with Gasteiger partial charge in [0.2, 0.25) is 5.43 Å². The predicted octanol–water partition coefficient (Wildman–Crippen LogP) is 3.93. The molecular formula is C25H23F4N3O3. The lowest BCUT2D eigenvalue weighted by Crippen LogP contribution is -2.35. The first-order valence-corrected chi connectivity index (χ1v) is 10.8. The van der Waals surface area contributed by atoms with Crippen LogP contribution in [0.5, 0.6) is 0 Å². The molecule has 0 aliphatic rings. The molecule has 1 heterocycles. The third kappa shape index (κ3) is 6.78. The van der Waals surface area contributed by atoms with E-state index in [0.29, 0.717) is 25.1 Å². The maximum Gasteiger partial charge on any atom is 0.416 e. The van der Waals surface area contributed by atoms with E-state index >= 15 is 0 Å². The Bertz CT molecular complexity index is 1270. The Morgan fingerprint density at radius 2 is 1.54 bits per heavy atom. The van der Waals surface area contributed by atoms with Crippen LogP contribution in [0, 0.1) is 5.82 Å². The summed E-state index contributed by atoms with van der Waals surface area (Å²) in [7, 11) is 0. The van der Waals surface area contributed by atoms with Gasteiger partial charge in [-0.25, -0.2) is 4.39 Å². The summed E-state index contributed by atoms with van der Waals surface area (Å²) in [5.41, 5.74) is -1.73. The Labute approximate surface area is 198 Å². The number of rotatable bonds is 8. The van der Waals surface area contributed by atoms with E-state index in [2.05, 4.69) is 10.6 Å². The van der Waals surface area contributed by atoms with E-state index in [1.807, 2.05) is 30.3 Å². The molecule has 0 spiro atoms. The molecule has 0 radical (unpaired) electrons. The van der Waals surface area contributed by atoms with Crippen molar-refractivity contribution in [3.05, 3.63) is 105 Å². The molecule has 0 fully saturated rings. The van der Waals surface area contributed by atoms with Crippen molar-refractivity contribution in [1.82, 2.24) is 15.2 Å². The largest absolute Gasteiger partial charge is 0.416 e. The van der Waals surface area contributed by atoms with Crippen LogP contribution in [0.15, 0.2) is 65.7 Å². The number of hydrogen-bond donors (Lipinski definition) is 2. The van der Waals surface area contributed by atoms with Gasteiger partial charge in [0, 0.05) is 32.0 Å². The Morgan fingerprint density at radius 3 is 2.14 bits per heavy atom. The minimum absolute atomic E-state index is 0.130. The molecule has 3 aromatic rings. The number of carbonyl (C=O) groups excluding carboxylic acids is 2. The summed E-state index contributed by atoms with van der Waals surface area (Å²) in [5, 5.41) is 4.87. The third-order valence-electron chi connectivity index (χ3n) is 5.15. The minimum atomic E-state index is -4.76. The molecule has 2 amide bonds. The molecule has 6 nitrogen and oxygen atoms in total. The van der Waals surface area contributed by atoms with Crippen molar-refractivity contribution in [2.75, 3.05) is 6.54 Å². The van der Waals surface area contributed by atoms with Crippen LogP contribution in [-0.4, -0.2) is 22.9 Å². The molecule has 2 N–H and O–H groups in total. The average Bonchev–Trinajstić information content (AvgIpc) is 2.81. The normalized spacial score (nSPS) is 11.2. The fourth-order valence-electron chi connectivity index (χ4n) is 3.44. The third-order valence-corrected chi connectivity index (χ3v) is 5.15. The summed E-state index contributed by atoms with van der Waals surface area (Å²) < 4.78 is 54.0. The quantitative estimate of drug-likeness (QED) is 0.471. The molecule has 0 aliphatic heterocycles. The van der Waals surface area contributed by atoms with E-state index in [9.17, 15) is 31.9 Å². The van der Waals surface area contributed by atoms with Crippen LogP contribution in [0.1, 0.15) is 44.3 Å². The SMILES string of the molecule is CCNC(=O)c1cn(CCc2ccccc2)cc(C(=O)NCc2cc(F)cc(C(F)(F)F)c2)c1=O. The fourth-order valence-corrected chi connectivity index (χ4v) is 3.44. The molecule has 0 bridgehead atoms. The van der Waals surface area contributed by atoms with Gasteiger partial charge in [0.15, 0.2) is 0 Å². The van der Waals surface area contributed by atoms with Crippen molar-refractivity contribution in [2.45, 2.75) is 32.6 Å². The zero-order valence-electron chi connectivity index (χ0n) is 18.8. The summed E-state index contributed by atoms with van der Waals surface area (Å²) in [6.45, 7) is 1.85. The lowest BCUT2D eigenvalue weighted by Gasteiger charge is -2.13. The lowest BCUT2D eigenvalue weighted by molar-refractivity contribution is -0.137. The van der Waals surface area contributed by atoms with Gasteiger partial charge in [-0.3, -0.25) is 14.4 Å². The summed E-state index contributed by atoms with van der Waals surface area (Å²) in [5.74, 6) is -2.65. The minimum Gasteiger partial charge on any atom is -0.352 e. The van der Waals surface area contributed by atoms with E-state index < -0.39 is 41.3 Å². The molecule has 0 saturated carbocycles. The summed E-state index contributed by atoms with van der Waals surface area (Å²) in [6.07, 6.45) is -1.55. The van der Waals surface area contributed by atoms with E-state index in [0.717, 1.165) is 11.6 Å². The zero-order chi connectivity index (χ0) is 25.6. The maximum absolute atomic E-state index is 13.7. The molecule has 1 aromatic heterocycles. The monoisotopic (exact) mass is 489 g/mol. The smallest absolute Gasteiger partial charge is 0.352 e. The second-order valence-electron chi connectivity index (χ2n) is 7.78. The number of aryl methyl sites for hydroxylation is 2. The standard InChI is InChI=1S/C25H23F4N3O3/c1-2-30-23(34)20-14-32(9-8-16-6-4-3-5-7-16)15-21(22(20)33)24(35)31-13-17-10-18(25(27,28)29)12-19(26)11-17/h3-7,10-12,14-15H,2,8-9,13H2,1H3,(H,30,34)(H,31,35). The highest BCUT2D eigenvalue weighted by Crippen LogP contribution is 2.30. The highest BCUT2D eigenvalue weighted by molar-refractivity contribution is 5.99. The molecule has 2 aromatic carbocycles. The van der Waals surface area contributed by atoms with E-state index in [1.165, 1.54) is 17.0 Å². The number of halogens is 4. The molecule has 35 heavy (non-hydrogen) atoms. The number of benzene rings is 2. The Morgan fingerprint density at radius 1 is 0.914 bits per heavy atom. The van der Waals surface area contributed by atoms with Crippen LogP contribution >= 0.6 is 0 Å². The van der Waals surface area contributed by atoms with Crippen LogP contribution in [0.25, 0.3) is 0 Å². The number of nitrogens with zero attached hydrogens (tertiary/aromatic N) is 1. The van der Waals surface area contributed by atoms with Crippen molar-refractivity contribution in [3.63, 3.8) is 0 Å². The van der Waals surface area contributed by atoms with Gasteiger partial charge in [0.25, 0.3) is 11.8 Å². The van der Waals surface area contributed by atoms with Crippen molar-refractivity contribution in [3.8, 4) is 0 Å². The number of amides is 2. The van der Waals surface area contributed by atoms with Gasteiger partial charge in [-0.15, -0.1) is 0 Å². The van der Waals surface area contributed by atoms with Crippen molar-refractivity contribution < 1.29 is 27.2 Å². The highest BCUT2D eigenvalue weighted by atomic mass is 19.4. The molecule has 10 heteroatoms. The topological polar surface area (TPSA) is 80.2 Å². The van der Waals surface area contributed by atoms with Crippen LogP contribution < -0.4 is 16.1 Å². The van der Waals surface area contributed by atoms with Gasteiger partial charge in [-0.1, -0.05) is 30.3 Å². The highest BCUT2D eigenvalue weighted by Gasteiger charge is 2.31. The number of aromatic nitrogens is 1. The second kappa shape index (κ2) is 11.0. The number of alkyl halides is 3. The van der Waals surface area contributed by atoms with Crippen LogP contribution in [0.2, 0.25) is 0 Å². The Balaban J connectivity index is 1.87. The van der Waals surface area contributed by atoms with Crippen molar-refractivity contribution in [1.29, 1.82) is 0 Å². The average molecular weight is 489 g/mol. The van der Waals surface area contributed by atoms with E-state index in [1.54, 1.807) is 6.92 Å². The van der Waals surface area contributed by atoms with E-state index in [-0.39, 0.29) is 23.2 Å². The van der Waals surface area contributed by atoms with Crippen molar-refractivity contribution in [2.24, 2.45) is 0 Å². The molecule has 3 rings (SSSR count). The molecule has 0 aliphatic carbocycles. The Hall–Kier alpha value is -3.95. The number of carbonyl (C=O) groups is 2. The van der Waals surface area contributed by atoms with Gasteiger partial charge in [0.1, 0.15) is 16.9 Å². The Kier molecular flexibility index (Phi) is 8.06. The van der Waals surface area contributed by atoms with Crippen LogP contribution in [0.3, 0.4) is 0 Å². The van der Waals surface area contributed by atoms with Crippen LogP contribution in [-0.2, 0) is 25.7 Å². The first-order valence-electron chi connectivity index (χ1n) is 10.8. The van der Waals surface area contributed by atoms with Gasteiger partial charge in [-0.05, 0) is 42.7 Å². The van der Waals surface area contributed by atoms with Gasteiger partial charge >= 0.3 is 6.18 Å². The van der Waals surface area contributed by atoms with Crippen molar-refractivity contribution >= 4 is 11.8 Å². The molecule has 0 atom stereocenters. The molecule has 0 unspecified atom stereocenters. The van der Waals surface area contributed by atoms with Gasteiger partial charge < -0.3 is 15.2 Å². The number of nitrogens with one attached hydrogen (secondary N) is 2. The summed E-state index contributed by atoms with van der Waals surface area (Å²) in [6, 6.07) is 11.4. The first kappa shape index (κ1) is 25.7. The lowest BCUT2D eigenvalue weighted by atomic mass is 10.1. The number of pyridine rings is 1. The van der Waals surface area contributed by atoms with Gasteiger partial charge in [-0.2, -0.15) is 13.2 Å². The fraction of sp³-hybridized carbons (Fsp3) is 0.240. The van der Waals surface area contributed by atoms with Gasteiger partial charge in [0.05, 0.1) is 5.56 Å². The first-order chi connectivity index (χ1) is 16.6. The van der Waals surface area contributed by atoms with Crippen LogP contribution in [0.4, 0.5) is 17.6 Å². The molecular weight excluding hydrogens is 466 g/mol. The predicted molar refractivity (Wildman–Crippen MR) is 121 cm³/mol.